The molecular formula is C14H18N2. The molecular weight excluding hydrogens is 196 g/mol. The molecule has 2 nitrogen and oxygen atoms in total. The van der Waals surface area contributed by atoms with Crippen LogP contribution in [-0.4, -0.2) is 11.5 Å². The number of hydrogen-bond donors (Lipinski definition) is 1. The Morgan fingerprint density at radius 2 is 2.06 bits per heavy atom. The summed E-state index contributed by atoms with van der Waals surface area (Å²) in [5, 5.41) is 4.64. The highest BCUT2D eigenvalue weighted by molar-refractivity contribution is 5.82. The van der Waals surface area contributed by atoms with Gasteiger partial charge in [-0.2, -0.15) is 0 Å². The second-order valence-electron chi connectivity index (χ2n) is 4.16. The second-order valence-corrected chi connectivity index (χ2v) is 4.16. The zero-order valence-electron chi connectivity index (χ0n) is 10.1. The maximum absolute atomic E-state index is 4.69. The normalized spacial score (nSPS) is 12.9. The first-order valence-electron chi connectivity index (χ1n) is 5.82. The summed E-state index contributed by atoms with van der Waals surface area (Å²) in [4.78, 5) is 4.69. The molecule has 1 unspecified atom stereocenters. The Morgan fingerprint density at radius 1 is 1.31 bits per heavy atom. The van der Waals surface area contributed by atoms with E-state index in [4.69, 9.17) is 4.98 Å². The van der Waals surface area contributed by atoms with Crippen molar-refractivity contribution >= 4 is 10.9 Å². The van der Waals surface area contributed by atoms with Gasteiger partial charge in [-0.25, -0.2) is 0 Å². The van der Waals surface area contributed by atoms with E-state index in [-0.39, 0.29) is 0 Å². The van der Waals surface area contributed by atoms with Gasteiger partial charge in [0.1, 0.15) is 0 Å². The van der Waals surface area contributed by atoms with Gasteiger partial charge in [0.05, 0.1) is 11.2 Å². The van der Waals surface area contributed by atoms with Gasteiger partial charge in [-0.1, -0.05) is 25.1 Å². The van der Waals surface area contributed by atoms with Crippen LogP contribution in [0.15, 0.2) is 30.3 Å². The first kappa shape index (κ1) is 11.1. The molecule has 2 aromatic rings. The lowest BCUT2D eigenvalue weighted by Crippen LogP contribution is -2.18. The van der Waals surface area contributed by atoms with Crippen LogP contribution in [0.25, 0.3) is 10.9 Å². The quantitative estimate of drug-likeness (QED) is 0.848. The number of hydrogen-bond acceptors (Lipinski definition) is 2. The third-order valence-corrected chi connectivity index (χ3v) is 2.90. The lowest BCUT2D eigenvalue weighted by Gasteiger charge is -2.13. The number of aryl methyl sites for hydroxylation is 1. The maximum Gasteiger partial charge on any atom is 0.0708 e. The Labute approximate surface area is 96.7 Å². The number of fused-ring (bicyclic) bond motifs is 1. The first-order valence-corrected chi connectivity index (χ1v) is 5.82. The van der Waals surface area contributed by atoms with Crippen LogP contribution in [0.2, 0.25) is 0 Å². The molecule has 2 rings (SSSR count). The van der Waals surface area contributed by atoms with E-state index in [1.54, 1.807) is 0 Å². The molecule has 0 fully saturated rings. The Hall–Kier alpha value is -1.41. The Bertz CT molecular complexity index is 491. The van der Waals surface area contributed by atoms with E-state index in [9.17, 15) is 0 Å². The third-order valence-electron chi connectivity index (χ3n) is 2.90. The van der Waals surface area contributed by atoms with Gasteiger partial charge in [-0.3, -0.25) is 4.98 Å². The predicted molar refractivity (Wildman–Crippen MR) is 68.6 cm³/mol. The zero-order chi connectivity index (χ0) is 11.5. The predicted octanol–water partition coefficient (Wildman–Crippen LogP) is 3.21. The molecule has 0 saturated heterocycles. The fourth-order valence-corrected chi connectivity index (χ4v) is 2.01. The number of pyridine rings is 1. The number of para-hydroxylation sites is 1. The van der Waals surface area contributed by atoms with Crippen molar-refractivity contribution < 1.29 is 0 Å². The van der Waals surface area contributed by atoms with Crippen LogP contribution in [-0.2, 0) is 0 Å². The van der Waals surface area contributed by atoms with Crippen LogP contribution in [0.3, 0.4) is 0 Å². The molecule has 1 aromatic heterocycles. The SMILES string of the molecule is CCNC(C)c1cc(C)c2ccccc2n1. The summed E-state index contributed by atoms with van der Waals surface area (Å²) < 4.78 is 0. The molecule has 0 aliphatic heterocycles. The number of nitrogens with zero attached hydrogens (tertiary/aromatic N) is 1. The smallest absolute Gasteiger partial charge is 0.0708 e. The molecule has 0 spiro atoms. The van der Waals surface area contributed by atoms with Gasteiger partial charge in [-0.05, 0) is 38.1 Å². The van der Waals surface area contributed by atoms with Crippen molar-refractivity contribution in [3.8, 4) is 0 Å². The van der Waals surface area contributed by atoms with Crippen LogP contribution in [0.4, 0.5) is 0 Å². The summed E-state index contributed by atoms with van der Waals surface area (Å²) in [7, 11) is 0. The Kier molecular flexibility index (Phi) is 3.20. The van der Waals surface area contributed by atoms with Crippen molar-refractivity contribution in [1.29, 1.82) is 0 Å². The van der Waals surface area contributed by atoms with Crippen molar-refractivity contribution in [2.45, 2.75) is 26.8 Å². The number of nitrogens with one attached hydrogen (secondary N) is 1. The Balaban J connectivity index is 2.49. The fourth-order valence-electron chi connectivity index (χ4n) is 2.01. The van der Waals surface area contributed by atoms with Crippen molar-refractivity contribution in [3.63, 3.8) is 0 Å². The van der Waals surface area contributed by atoms with E-state index >= 15 is 0 Å². The van der Waals surface area contributed by atoms with Crippen LogP contribution < -0.4 is 5.32 Å². The van der Waals surface area contributed by atoms with E-state index in [1.165, 1.54) is 10.9 Å². The van der Waals surface area contributed by atoms with Crippen LogP contribution >= 0.6 is 0 Å². The molecule has 1 aromatic carbocycles. The summed E-state index contributed by atoms with van der Waals surface area (Å²) >= 11 is 0. The van der Waals surface area contributed by atoms with Gasteiger partial charge in [0.25, 0.3) is 0 Å². The van der Waals surface area contributed by atoms with Crippen LogP contribution in [0.1, 0.15) is 31.1 Å². The molecule has 0 aliphatic rings. The molecule has 84 valence electrons. The monoisotopic (exact) mass is 214 g/mol. The molecule has 1 N–H and O–H groups in total. The van der Waals surface area contributed by atoms with Gasteiger partial charge in [0.15, 0.2) is 0 Å². The molecule has 0 amide bonds. The standard InChI is InChI=1S/C14H18N2/c1-4-15-11(3)14-9-10(2)12-7-5-6-8-13(12)16-14/h5-9,11,15H,4H2,1-3H3. The molecule has 0 radical (unpaired) electrons. The zero-order valence-corrected chi connectivity index (χ0v) is 10.1. The highest BCUT2D eigenvalue weighted by Crippen LogP contribution is 2.20. The van der Waals surface area contributed by atoms with E-state index in [0.717, 1.165) is 17.8 Å². The molecule has 0 aliphatic carbocycles. The Morgan fingerprint density at radius 3 is 2.81 bits per heavy atom. The van der Waals surface area contributed by atoms with Crippen molar-refractivity contribution in [3.05, 3.63) is 41.6 Å². The highest BCUT2D eigenvalue weighted by Gasteiger charge is 2.07. The number of aromatic nitrogens is 1. The average Bonchev–Trinajstić information content (AvgIpc) is 2.29. The first-order chi connectivity index (χ1) is 7.72. The van der Waals surface area contributed by atoms with Crippen molar-refractivity contribution in [2.75, 3.05) is 6.54 Å². The topological polar surface area (TPSA) is 24.9 Å². The summed E-state index contributed by atoms with van der Waals surface area (Å²) in [6, 6.07) is 10.8. The lowest BCUT2D eigenvalue weighted by molar-refractivity contribution is 0.585. The van der Waals surface area contributed by atoms with Crippen molar-refractivity contribution in [1.82, 2.24) is 10.3 Å². The van der Waals surface area contributed by atoms with Crippen molar-refractivity contribution in [2.24, 2.45) is 0 Å². The van der Waals surface area contributed by atoms with E-state index in [2.05, 4.69) is 50.4 Å². The average molecular weight is 214 g/mol. The summed E-state index contributed by atoms with van der Waals surface area (Å²) in [5.41, 5.74) is 3.51. The minimum atomic E-state index is 0.313. The minimum Gasteiger partial charge on any atom is -0.309 e. The molecule has 2 heteroatoms. The maximum atomic E-state index is 4.69. The fraction of sp³-hybridized carbons (Fsp3) is 0.357. The van der Waals surface area contributed by atoms with E-state index in [1.807, 2.05) is 6.07 Å². The highest BCUT2D eigenvalue weighted by atomic mass is 14.9. The molecule has 1 atom stereocenters. The third kappa shape index (κ3) is 2.07. The van der Waals surface area contributed by atoms with E-state index in [0.29, 0.717) is 6.04 Å². The molecule has 0 saturated carbocycles. The summed E-state index contributed by atoms with van der Waals surface area (Å²) in [6.07, 6.45) is 0. The summed E-state index contributed by atoms with van der Waals surface area (Å²) in [5.74, 6) is 0. The lowest BCUT2D eigenvalue weighted by atomic mass is 10.1. The van der Waals surface area contributed by atoms with Gasteiger partial charge in [-0.15, -0.1) is 0 Å². The number of rotatable bonds is 3. The van der Waals surface area contributed by atoms with Crippen LogP contribution in [0.5, 0.6) is 0 Å². The van der Waals surface area contributed by atoms with Crippen LogP contribution in [0, 0.1) is 6.92 Å². The summed E-state index contributed by atoms with van der Waals surface area (Å²) in [6.45, 7) is 7.38. The van der Waals surface area contributed by atoms with Gasteiger partial charge in [0, 0.05) is 11.4 Å². The molecule has 0 bridgehead atoms. The van der Waals surface area contributed by atoms with Gasteiger partial charge < -0.3 is 5.32 Å². The second kappa shape index (κ2) is 4.62. The van der Waals surface area contributed by atoms with E-state index < -0.39 is 0 Å². The van der Waals surface area contributed by atoms with Gasteiger partial charge in [0.2, 0.25) is 0 Å². The number of benzene rings is 1. The largest absolute Gasteiger partial charge is 0.309 e. The molecule has 16 heavy (non-hydrogen) atoms. The minimum absolute atomic E-state index is 0.313. The molecule has 1 heterocycles. The van der Waals surface area contributed by atoms with Gasteiger partial charge >= 0.3 is 0 Å².